The number of nitrogens with zero attached hydrogens (tertiary/aromatic N) is 2. The first-order chi connectivity index (χ1) is 17.2. The third-order valence-electron chi connectivity index (χ3n) is 8.24. The standard InChI is InChI=1S/C27H37N5O3/c28-26(33)24-14-18-15-32(24)11-10-29-16-34-25-13-17-12-20(17)19(25)6-2-1-3-9-23-27(35-18)31-22-8-5-4-7-21(22)30-23/h1-3,6,9,17-18,22,24-25,27,29,31H,4-5,7-8,10-16H2,(H2,28,33). The van der Waals surface area contributed by atoms with E-state index in [-0.39, 0.29) is 36.4 Å². The van der Waals surface area contributed by atoms with Crippen molar-refractivity contribution in [2.24, 2.45) is 16.6 Å². The summed E-state index contributed by atoms with van der Waals surface area (Å²) in [6.45, 7) is 2.65. The second-order valence-electron chi connectivity index (χ2n) is 10.6. The molecule has 7 unspecified atom stereocenters. The molecule has 3 aliphatic carbocycles. The minimum Gasteiger partial charge on any atom is -0.368 e. The zero-order valence-electron chi connectivity index (χ0n) is 20.3. The van der Waals surface area contributed by atoms with Gasteiger partial charge in [-0.15, -0.1) is 0 Å². The van der Waals surface area contributed by atoms with Crippen molar-refractivity contribution in [1.82, 2.24) is 15.5 Å². The van der Waals surface area contributed by atoms with Crippen molar-refractivity contribution in [2.75, 3.05) is 26.4 Å². The molecular weight excluding hydrogens is 442 g/mol. The minimum atomic E-state index is -0.308. The fraction of sp³-hybridized carbons (Fsp3) is 0.630. The molecule has 3 aliphatic heterocycles. The van der Waals surface area contributed by atoms with Crippen LogP contribution >= 0.6 is 0 Å². The van der Waals surface area contributed by atoms with E-state index in [2.05, 4.69) is 45.9 Å². The van der Waals surface area contributed by atoms with Crippen molar-refractivity contribution in [3.63, 3.8) is 0 Å². The molecular formula is C27H37N5O3. The summed E-state index contributed by atoms with van der Waals surface area (Å²) in [6.07, 6.45) is 17.8. The van der Waals surface area contributed by atoms with Crippen molar-refractivity contribution < 1.29 is 14.3 Å². The van der Waals surface area contributed by atoms with Crippen LogP contribution in [-0.4, -0.2) is 73.4 Å². The van der Waals surface area contributed by atoms with Crippen LogP contribution in [0.15, 0.2) is 52.2 Å². The van der Waals surface area contributed by atoms with E-state index in [4.69, 9.17) is 20.2 Å². The van der Waals surface area contributed by atoms with Gasteiger partial charge in [0.15, 0.2) is 6.23 Å². The quantitative estimate of drug-likeness (QED) is 0.531. The van der Waals surface area contributed by atoms with E-state index in [1.165, 1.54) is 30.5 Å². The van der Waals surface area contributed by atoms with Gasteiger partial charge in [0.05, 0.1) is 30.7 Å². The number of hydrogen-bond acceptors (Lipinski definition) is 7. The zero-order chi connectivity index (χ0) is 23.8. The van der Waals surface area contributed by atoms with Gasteiger partial charge < -0.3 is 15.2 Å². The highest BCUT2D eigenvalue weighted by Crippen LogP contribution is 2.52. The Hall–Kier alpha value is -2.10. The molecule has 6 rings (SSSR count). The van der Waals surface area contributed by atoms with Crippen LogP contribution in [0, 0.1) is 5.92 Å². The number of carbonyl (C=O) groups is 1. The van der Waals surface area contributed by atoms with Gasteiger partial charge in [0, 0.05) is 31.4 Å². The Bertz CT molecular complexity index is 999. The lowest BCUT2D eigenvalue weighted by atomic mass is 9.91. The smallest absolute Gasteiger partial charge is 0.234 e. The molecule has 0 aromatic heterocycles. The molecule has 0 radical (unpaired) electrons. The van der Waals surface area contributed by atoms with Gasteiger partial charge in [-0.1, -0.05) is 36.3 Å². The molecule has 0 spiro atoms. The van der Waals surface area contributed by atoms with E-state index in [1.807, 2.05) is 0 Å². The summed E-state index contributed by atoms with van der Waals surface area (Å²) in [4.78, 5) is 19.4. The summed E-state index contributed by atoms with van der Waals surface area (Å²) in [5.74, 6) is 0.428. The topological polar surface area (TPSA) is 101 Å². The maximum Gasteiger partial charge on any atom is 0.234 e. The second kappa shape index (κ2) is 10.1. The molecule has 3 heterocycles. The Morgan fingerprint density at radius 2 is 2.14 bits per heavy atom. The Balaban J connectivity index is 1.26. The van der Waals surface area contributed by atoms with Crippen molar-refractivity contribution >= 4 is 11.6 Å². The Labute approximate surface area is 207 Å². The predicted molar refractivity (Wildman–Crippen MR) is 135 cm³/mol. The molecule has 7 atom stereocenters. The van der Waals surface area contributed by atoms with Gasteiger partial charge in [-0.25, -0.2) is 0 Å². The van der Waals surface area contributed by atoms with Gasteiger partial charge in [0.25, 0.3) is 0 Å². The van der Waals surface area contributed by atoms with E-state index in [0.29, 0.717) is 25.6 Å². The van der Waals surface area contributed by atoms with Crippen LogP contribution in [0.3, 0.4) is 0 Å². The normalized spacial score (nSPS) is 39.4. The molecule has 2 bridgehead atoms. The van der Waals surface area contributed by atoms with Crippen LogP contribution in [0.4, 0.5) is 0 Å². The number of rotatable bonds is 1. The summed E-state index contributed by atoms with van der Waals surface area (Å²) >= 11 is 0. The largest absolute Gasteiger partial charge is 0.368 e. The van der Waals surface area contributed by atoms with Gasteiger partial charge in [-0.3, -0.25) is 25.3 Å². The van der Waals surface area contributed by atoms with Crippen molar-refractivity contribution in [3.05, 3.63) is 47.2 Å². The van der Waals surface area contributed by atoms with E-state index in [1.54, 1.807) is 5.57 Å². The Kier molecular flexibility index (Phi) is 6.73. The van der Waals surface area contributed by atoms with Gasteiger partial charge in [-0.05, 0) is 56.1 Å². The number of hydrogen-bond donors (Lipinski definition) is 3. The van der Waals surface area contributed by atoms with Crippen molar-refractivity contribution in [3.8, 4) is 0 Å². The molecule has 4 N–H and O–H groups in total. The molecule has 8 nitrogen and oxygen atoms in total. The van der Waals surface area contributed by atoms with Crippen LogP contribution < -0.4 is 16.4 Å². The average Bonchev–Trinajstić information content (AvgIpc) is 3.35. The van der Waals surface area contributed by atoms with Gasteiger partial charge in [0.2, 0.25) is 5.91 Å². The number of aliphatic imine (C=N–C) groups is 1. The van der Waals surface area contributed by atoms with E-state index < -0.39 is 0 Å². The monoisotopic (exact) mass is 479 g/mol. The maximum absolute atomic E-state index is 12.2. The molecule has 0 aromatic carbocycles. The number of allylic oxidation sites excluding steroid dienone is 5. The molecule has 6 aliphatic rings. The molecule has 188 valence electrons. The Morgan fingerprint density at radius 1 is 1.20 bits per heavy atom. The van der Waals surface area contributed by atoms with Gasteiger partial charge >= 0.3 is 0 Å². The molecule has 2 saturated carbocycles. The first kappa shape index (κ1) is 23.3. The highest BCUT2D eigenvalue weighted by molar-refractivity contribution is 5.92. The lowest BCUT2D eigenvalue weighted by Crippen LogP contribution is -2.51. The van der Waals surface area contributed by atoms with E-state index in [0.717, 1.165) is 38.0 Å². The van der Waals surface area contributed by atoms with Gasteiger partial charge in [-0.2, -0.15) is 0 Å². The number of primary amides is 1. The summed E-state index contributed by atoms with van der Waals surface area (Å²) in [6, 6.07) is -0.0302. The van der Waals surface area contributed by atoms with Crippen LogP contribution in [0.5, 0.6) is 0 Å². The first-order valence-electron chi connectivity index (χ1n) is 13.3. The van der Waals surface area contributed by atoms with Gasteiger partial charge in [0.1, 0.15) is 0 Å². The number of carbonyl (C=O) groups excluding carboxylic acids is 1. The Morgan fingerprint density at radius 3 is 3.06 bits per heavy atom. The van der Waals surface area contributed by atoms with Crippen molar-refractivity contribution in [2.45, 2.75) is 75.5 Å². The molecule has 35 heavy (non-hydrogen) atoms. The highest BCUT2D eigenvalue weighted by Gasteiger charge is 2.43. The molecule has 1 amide bonds. The summed E-state index contributed by atoms with van der Waals surface area (Å²) < 4.78 is 12.7. The zero-order valence-corrected chi connectivity index (χ0v) is 20.3. The van der Waals surface area contributed by atoms with Crippen LogP contribution in [0.1, 0.15) is 44.9 Å². The van der Waals surface area contributed by atoms with Crippen molar-refractivity contribution in [1.29, 1.82) is 0 Å². The summed E-state index contributed by atoms with van der Waals surface area (Å²) in [7, 11) is 0. The van der Waals surface area contributed by atoms with Crippen LogP contribution in [0.2, 0.25) is 0 Å². The minimum absolute atomic E-state index is 0.0767. The fourth-order valence-corrected chi connectivity index (χ4v) is 6.31. The highest BCUT2D eigenvalue weighted by atomic mass is 16.5. The lowest BCUT2D eigenvalue weighted by Gasteiger charge is -2.36. The SMILES string of the molecule is NC(=O)C1CC2CN1CCNCOC1CC3CC3=C1C=CC=CC=C1N=C3CCCCC3NC1O2. The molecule has 3 fully saturated rings. The second-order valence-corrected chi connectivity index (χ2v) is 10.6. The number of nitrogens with one attached hydrogen (secondary N) is 2. The fourth-order valence-electron chi connectivity index (χ4n) is 6.31. The average molecular weight is 480 g/mol. The van der Waals surface area contributed by atoms with Crippen LogP contribution in [-0.2, 0) is 14.3 Å². The predicted octanol–water partition coefficient (Wildman–Crippen LogP) is 1.91. The summed E-state index contributed by atoms with van der Waals surface area (Å²) in [5, 5.41) is 7.10. The van der Waals surface area contributed by atoms with E-state index >= 15 is 0 Å². The molecule has 0 aromatic rings. The number of nitrogens with two attached hydrogens (primary N) is 1. The lowest BCUT2D eigenvalue weighted by molar-refractivity contribution is -0.122. The maximum atomic E-state index is 12.2. The number of ether oxygens (including phenoxy) is 2. The van der Waals surface area contributed by atoms with E-state index in [9.17, 15) is 4.79 Å². The molecule has 8 heteroatoms. The third-order valence-corrected chi connectivity index (χ3v) is 8.24. The number of amides is 1. The molecule has 1 saturated heterocycles. The third kappa shape index (κ3) is 5.08. The van der Waals surface area contributed by atoms with Crippen LogP contribution in [0.25, 0.3) is 0 Å². The number of fused-ring (bicyclic) bond motifs is 6. The first-order valence-corrected chi connectivity index (χ1v) is 13.3. The summed E-state index contributed by atoms with van der Waals surface area (Å²) in [5.41, 5.74) is 10.8.